The van der Waals surface area contributed by atoms with E-state index in [0.29, 0.717) is 17.9 Å². The monoisotopic (exact) mass is 488 g/mol. The number of tetrazole rings is 1. The third-order valence-corrected chi connectivity index (χ3v) is 7.33. The van der Waals surface area contributed by atoms with Gasteiger partial charge in [0, 0.05) is 11.4 Å². The second-order valence-corrected chi connectivity index (χ2v) is 9.74. The number of hydrogen-bond acceptors (Lipinski definition) is 6. The Labute approximate surface area is 207 Å². The standard InChI is InChI=1S/C26H28N6O2S/c1-2-21(26(34)27-19-11-4-5-12-19)32(22-14-7-10-18-9-3-6-13-20(18)22)24(33)17-31-29-25(28-30-31)23-15-8-16-35-23/h3,6-10,13-16,19,21H,2,4-5,11-12,17H2,1H3,(H,27,34)/t21-/m1/s1. The molecule has 1 aliphatic rings. The van der Waals surface area contributed by atoms with Crippen LogP contribution in [0.2, 0.25) is 0 Å². The van der Waals surface area contributed by atoms with Gasteiger partial charge in [0.1, 0.15) is 12.6 Å². The molecule has 0 saturated heterocycles. The minimum atomic E-state index is -0.644. The first-order valence-electron chi connectivity index (χ1n) is 12.1. The maximum Gasteiger partial charge on any atom is 0.251 e. The molecular weight excluding hydrogens is 460 g/mol. The van der Waals surface area contributed by atoms with Gasteiger partial charge in [-0.15, -0.1) is 21.5 Å². The van der Waals surface area contributed by atoms with Gasteiger partial charge in [-0.25, -0.2) is 0 Å². The second-order valence-electron chi connectivity index (χ2n) is 8.80. The van der Waals surface area contributed by atoms with Crippen molar-refractivity contribution in [2.45, 2.75) is 57.7 Å². The summed E-state index contributed by atoms with van der Waals surface area (Å²) in [6.45, 7) is 1.82. The fraction of sp³-hybridized carbons (Fsp3) is 0.346. The van der Waals surface area contributed by atoms with E-state index in [2.05, 4.69) is 20.7 Å². The summed E-state index contributed by atoms with van der Waals surface area (Å²) in [7, 11) is 0. The van der Waals surface area contributed by atoms with Gasteiger partial charge in [0.15, 0.2) is 0 Å². The number of benzene rings is 2. The molecule has 0 spiro atoms. The van der Waals surface area contributed by atoms with Crippen molar-refractivity contribution in [3.63, 3.8) is 0 Å². The molecule has 2 aromatic carbocycles. The summed E-state index contributed by atoms with van der Waals surface area (Å²) in [6.07, 6.45) is 4.70. The number of aromatic nitrogens is 4. The van der Waals surface area contributed by atoms with Crippen molar-refractivity contribution in [1.29, 1.82) is 0 Å². The van der Waals surface area contributed by atoms with Gasteiger partial charge in [-0.05, 0) is 47.4 Å². The van der Waals surface area contributed by atoms with E-state index in [1.54, 1.807) is 4.90 Å². The molecule has 180 valence electrons. The van der Waals surface area contributed by atoms with Crippen molar-refractivity contribution < 1.29 is 9.59 Å². The van der Waals surface area contributed by atoms with E-state index in [-0.39, 0.29) is 24.4 Å². The topological polar surface area (TPSA) is 93.0 Å². The van der Waals surface area contributed by atoms with Gasteiger partial charge in [0.2, 0.25) is 11.7 Å². The molecule has 35 heavy (non-hydrogen) atoms. The van der Waals surface area contributed by atoms with Crippen LogP contribution in [-0.4, -0.2) is 44.1 Å². The molecule has 5 rings (SSSR count). The predicted molar refractivity (Wildman–Crippen MR) is 137 cm³/mol. The highest BCUT2D eigenvalue weighted by Gasteiger charge is 2.33. The second kappa shape index (κ2) is 10.4. The number of thiophene rings is 1. The number of anilines is 1. The van der Waals surface area contributed by atoms with Gasteiger partial charge < -0.3 is 5.32 Å². The lowest BCUT2D eigenvalue weighted by Crippen LogP contribution is -2.52. The van der Waals surface area contributed by atoms with Gasteiger partial charge in [0.25, 0.3) is 5.91 Å². The van der Waals surface area contributed by atoms with Gasteiger partial charge in [-0.2, -0.15) is 4.80 Å². The van der Waals surface area contributed by atoms with Gasteiger partial charge in [0.05, 0.1) is 10.6 Å². The maximum absolute atomic E-state index is 13.8. The maximum atomic E-state index is 13.8. The Kier molecular flexibility index (Phi) is 6.85. The highest BCUT2D eigenvalue weighted by Crippen LogP contribution is 2.30. The highest BCUT2D eigenvalue weighted by atomic mass is 32.1. The number of carbonyl (C=O) groups is 2. The van der Waals surface area contributed by atoms with E-state index < -0.39 is 6.04 Å². The summed E-state index contributed by atoms with van der Waals surface area (Å²) in [5.41, 5.74) is 0.708. The molecule has 2 aromatic heterocycles. The third kappa shape index (κ3) is 4.95. The van der Waals surface area contributed by atoms with Crippen molar-refractivity contribution in [2.75, 3.05) is 4.90 Å². The molecule has 1 N–H and O–H groups in total. The number of hydrogen-bond donors (Lipinski definition) is 1. The Morgan fingerprint density at radius 1 is 1.11 bits per heavy atom. The molecule has 1 aliphatic carbocycles. The smallest absolute Gasteiger partial charge is 0.251 e. The Morgan fingerprint density at radius 2 is 1.91 bits per heavy atom. The van der Waals surface area contributed by atoms with Crippen molar-refractivity contribution in [3.8, 4) is 10.7 Å². The van der Waals surface area contributed by atoms with E-state index in [0.717, 1.165) is 41.3 Å². The first kappa shape index (κ1) is 23.2. The van der Waals surface area contributed by atoms with Crippen LogP contribution in [0.3, 0.4) is 0 Å². The van der Waals surface area contributed by atoms with Crippen LogP contribution >= 0.6 is 11.3 Å². The molecule has 9 heteroatoms. The van der Waals surface area contributed by atoms with Crippen LogP contribution < -0.4 is 10.2 Å². The fourth-order valence-electron chi connectivity index (χ4n) is 4.76. The molecule has 0 radical (unpaired) electrons. The zero-order valence-electron chi connectivity index (χ0n) is 19.6. The number of amides is 2. The van der Waals surface area contributed by atoms with Crippen molar-refractivity contribution in [3.05, 3.63) is 60.0 Å². The van der Waals surface area contributed by atoms with Gasteiger partial charge in [-0.3, -0.25) is 14.5 Å². The number of fused-ring (bicyclic) bond motifs is 1. The third-order valence-electron chi connectivity index (χ3n) is 6.47. The van der Waals surface area contributed by atoms with Crippen LogP contribution in [-0.2, 0) is 16.1 Å². The molecular formula is C26H28N6O2S. The molecule has 1 saturated carbocycles. The molecule has 1 atom stereocenters. The fourth-order valence-corrected chi connectivity index (χ4v) is 5.41. The minimum Gasteiger partial charge on any atom is -0.352 e. The first-order chi connectivity index (χ1) is 17.1. The van der Waals surface area contributed by atoms with E-state index in [1.807, 2.05) is 66.9 Å². The predicted octanol–water partition coefficient (Wildman–Crippen LogP) is 4.43. The Balaban J connectivity index is 1.48. The Bertz CT molecular complexity index is 1310. The molecule has 2 heterocycles. The molecule has 0 bridgehead atoms. The quantitative estimate of drug-likeness (QED) is 0.396. The van der Waals surface area contributed by atoms with Crippen LogP contribution in [0.1, 0.15) is 39.0 Å². The molecule has 1 fully saturated rings. The van der Waals surface area contributed by atoms with E-state index in [9.17, 15) is 9.59 Å². The summed E-state index contributed by atoms with van der Waals surface area (Å²) in [5, 5.41) is 19.7. The van der Waals surface area contributed by atoms with Gasteiger partial charge in [-0.1, -0.05) is 62.2 Å². The average Bonchev–Trinajstić information content (AvgIpc) is 3.65. The Morgan fingerprint density at radius 3 is 2.69 bits per heavy atom. The van der Waals surface area contributed by atoms with Crippen molar-refractivity contribution >= 4 is 39.6 Å². The SMILES string of the molecule is CC[C@H](C(=O)NC1CCCC1)N(C(=O)Cn1nnc(-c2cccs2)n1)c1cccc2ccccc12. The van der Waals surface area contributed by atoms with Crippen molar-refractivity contribution in [2.24, 2.45) is 0 Å². The van der Waals surface area contributed by atoms with E-state index in [4.69, 9.17) is 0 Å². The largest absolute Gasteiger partial charge is 0.352 e. The van der Waals surface area contributed by atoms with Gasteiger partial charge >= 0.3 is 0 Å². The summed E-state index contributed by atoms with van der Waals surface area (Å²) >= 11 is 1.51. The number of carbonyl (C=O) groups excluding carboxylic acids is 2. The summed E-state index contributed by atoms with van der Waals surface area (Å²) < 4.78 is 0. The Hall–Kier alpha value is -3.59. The molecule has 4 aromatic rings. The number of nitrogens with one attached hydrogen (secondary N) is 1. The summed E-state index contributed by atoms with van der Waals surface area (Å²) in [6, 6.07) is 17.1. The summed E-state index contributed by atoms with van der Waals surface area (Å²) in [4.78, 5) is 31.1. The molecule has 2 amide bonds. The number of nitrogens with zero attached hydrogens (tertiary/aromatic N) is 5. The minimum absolute atomic E-state index is 0.116. The first-order valence-corrected chi connectivity index (χ1v) is 12.9. The van der Waals surface area contributed by atoms with Crippen molar-refractivity contribution in [1.82, 2.24) is 25.5 Å². The zero-order valence-corrected chi connectivity index (χ0v) is 20.4. The molecule has 8 nitrogen and oxygen atoms in total. The van der Waals surface area contributed by atoms with Crippen LogP contribution in [0, 0.1) is 0 Å². The lowest BCUT2D eigenvalue weighted by Gasteiger charge is -2.32. The van der Waals surface area contributed by atoms with Crippen LogP contribution in [0.25, 0.3) is 21.5 Å². The zero-order chi connectivity index (χ0) is 24.2. The molecule has 0 unspecified atom stereocenters. The average molecular weight is 489 g/mol. The van der Waals surface area contributed by atoms with Crippen LogP contribution in [0.15, 0.2) is 60.0 Å². The van der Waals surface area contributed by atoms with Crippen LogP contribution in [0.5, 0.6) is 0 Å². The summed E-state index contributed by atoms with van der Waals surface area (Å²) in [5.74, 6) is 0.104. The lowest BCUT2D eigenvalue weighted by atomic mass is 10.0. The van der Waals surface area contributed by atoms with E-state index >= 15 is 0 Å². The molecule has 0 aliphatic heterocycles. The van der Waals surface area contributed by atoms with E-state index in [1.165, 1.54) is 16.1 Å². The number of rotatable bonds is 8. The highest BCUT2D eigenvalue weighted by molar-refractivity contribution is 7.13. The normalized spacial score (nSPS) is 14.8. The lowest BCUT2D eigenvalue weighted by molar-refractivity contribution is -0.127. The van der Waals surface area contributed by atoms with Crippen LogP contribution in [0.4, 0.5) is 5.69 Å².